The summed E-state index contributed by atoms with van der Waals surface area (Å²) in [5, 5.41) is 31.3. The lowest BCUT2D eigenvalue weighted by Gasteiger charge is -2.43. The summed E-state index contributed by atoms with van der Waals surface area (Å²) in [4.78, 5) is 89.2. The molecule has 0 bridgehead atoms. The van der Waals surface area contributed by atoms with E-state index in [1.807, 2.05) is 41.5 Å². The first-order valence-electron chi connectivity index (χ1n) is 20.8. The summed E-state index contributed by atoms with van der Waals surface area (Å²) >= 11 is 0. The third kappa shape index (κ3) is 19.6. The zero-order valence-electron chi connectivity index (χ0n) is 37.2. The van der Waals surface area contributed by atoms with E-state index in [0.717, 1.165) is 4.90 Å². The highest BCUT2D eigenvalue weighted by Crippen LogP contribution is 2.47. The number of aliphatic hydroxyl groups is 1. The van der Waals surface area contributed by atoms with Crippen LogP contribution in [0.2, 0.25) is 0 Å². The molecule has 1 heterocycles. The number of hydrogen-bond acceptors (Lipinski definition) is 11. The number of carbonyl (C=O) groups excluding carboxylic acids is 7. The Labute approximate surface area is 351 Å². The smallest absolute Gasteiger partial charge is 0.253 e. The van der Waals surface area contributed by atoms with E-state index in [-0.39, 0.29) is 107 Å². The number of carbonyl (C=O) groups is 7. The van der Waals surface area contributed by atoms with Gasteiger partial charge in [0.2, 0.25) is 23.6 Å². The van der Waals surface area contributed by atoms with Gasteiger partial charge in [-0.1, -0.05) is 34.6 Å². The van der Waals surface area contributed by atoms with E-state index in [4.69, 9.17) is 9.47 Å². The van der Waals surface area contributed by atoms with Crippen molar-refractivity contribution >= 4 is 41.2 Å². The van der Waals surface area contributed by atoms with E-state index in [0.29, 0.717) is 26.1 Å². The number of nitrogens with zero attached hydrogens (tertiary/aromatic N) is 2. The van der Waals surface area contributed by atoms with Crippen LogP contribution in [-0.4, -0.2) is 116 Å². The average Bonchev–Trinajstić information content (AvgIpc) is 3.48. The molecule has 1 aliphatic heterocycles. The van der Waals surface area contributed by atoms with Gasteiger partial charge in [-0.2, -0.15) is 5.26 Å². The number of hydrogen-bond donors (Lipinski definition) is 5. The van der Waals surface area contributed by atoms with Gasteiger partial charge in [0.25, 0.3) is 11.8 Å². The molecule has 0 aliphatic carbocycles. The molecule has 0 saturated heterocycles. The molecular weight excluding hydrogens is 761 g/mol. The summed E-state index contributed by atoms with van der Waals surface area (Å²) in [5.41, 5.74) is -2.51. The molecule has 0 aromatic carbocycles. The maximum atomic E-state index is 13.8. The van der Waals surface area contributed by atoms with Gasteiger partial charge in [0, 0.05) is 88.5 Å². The van der Waals surface area contributed by atoms with E-state index in [1.165, 1.54) is 19.2 Å². The number of nitrogens with one attached hydrogen (secondary N) is 4. The van der Waals surface area contributed by atoms with Gasteiger partial charge in [-0.15, -0.1) is 0 Å². The lowest BCUT2D eigenvalue weighted by Crippen LogP contribution is -2.48. The van der Waals surface area contributed by atoms with Crippen molar-refractivity contribution in [2.75, 3.05) is 53.1 Å². The molecule has 334 valence electrons. The van der Waals surface area contributed by atoms with Gasteiger partial charge in [-0.25, -0.2) is 0 Å². The fourth-order valence-corrected chi connectivity index (χ4v) is 7.22. The van der Waals surface area contributed by atoms with Crippen molar-refractivity contribution in [1.29, 1.82) is 5.26 Å². The molecule has 0 spiro atoms. The quantitative estimate of drug-likeness (QED) is 0.0522. The van der Waals surface area contributed by atoms with Crippen molar-refractivity contribution in [2.45, 2.75) is 126 Å². The molecule has 1 aliphatic rings. The Balaban J connectivity index is 2.69. The summed E-state index contributed by atoms with van der Waals surface area (Å²) < 4.78 is 11.0. The summed E-state index contributed by atoms with van der Waals surface area (Å²) in [7, 11) is 1.53. The maximum absolute atomic E-state index is 13.8. The Morgan fingerprint density at radius 2 is 1.36 bits per heavy atom. The Bertz CT molecular complexity index is 1490. The molecule has 16 nitrogen and oxygen atoms in total. The van der Waals surface area contributed by atoms with E-state index in [1.54, 1.807) is 20.8 Å². The second kappa shape index (κ2) is 25.4. The molecule has 0 aromatic rings. The lowest BCUT2D eigenvalue weighted by molar-refractivity contribution is -0.137. The first-order valence-corrected chi connectivity index (χ1v) is 20.8. The summed E-state index contributed by atoms with van der Waals surface area (Å²) in [6.45, 7) is 18.2. The van der Waals surface area contributed by atoms with E-state index >= 15 is 0 Å². The zero-order valence-corrected chi connectivity index (χ0v) is 37.2. The summed E-state index contributed by atoms with van der Waals surface area (Å²) in [5.74, 6) is -3.56. The predicted octanol–water partition coefficient (Wildman–Crippen LogP) is 2.97. The van der Waals surface area contributed by atoms with Gasteiger partial charge < -0.3 is 35.8 Å². The number of nitriles is 1. The van der Waals surface area contributed by atoms with Crippen molar-refractivity contribution in [1.82, 2.24) is 26.2 Å². The van der Waals surface area contributed by atoms with Gasteiger partial charge >= 0.3 is 0 Å². The topological polar surface area (TPSA) is 233 Å². The minimum absolute atomic E-state index is 0.0514. The Kier molecular flexibility index (Phi) is 22.8. The molecule has 0 saturated carbocycles. The van der Waals surface area contributed by atoms with Crippen molar-refractivity contribution < 1.29 is 48.1 Å². The van der Waals surface area contributed by atoms with Crippen molar-refractivity contribution in [3.8, 4) is 6.07 Å². The molecule has 1 rings (SSSR count). The molecule has 0 aromatic heterocycles. The van der Waals surface area contributed by atoms with Crippen LogP contribution in [0.4, 0.5) is 0 Å². The monoisotopic (exact) mass is 833 g/mol. The SMILES string of the molecule is CNC(=O)C(CC(C)(C#N)CCC(=O)NCCOCCOCCCC(=O)CCN1C(=O)C=CC1=O)C(C)(C)CC(C(=O)NC(C)C)C(C)(C)CC(C)C(=O)NCC(C)O. The minimum atomic E-state index is -1.05. The highest BCUT2D eigenvalue weighted by molar-refractivity contribution is 6.13. The van der Waals surface area contributed by atoms with Crippen LogP contribution in [-0.2, 0) is 43.0 Å². The first kappa shape index (κ1) is 52.8. The molecule has 0 radical (unpaired) electrons. The van der Waals surface area contributed by atoms with Crippen LogP contribution in [0, 0.1) is 45.3 Å². The number of ether oxygens (including phenoxy) is 2. The van der Waals surface area contributed by atoms with E-state index < -0.39 is 51.9 Å². The first-order chi connectivity index (χ1) is 27.5. The molecule has 5 unspecified atom stereocenters. The van der Waals surface area contributed by atoms with Crippen LogP contribution in [0.25, 0.3) is 0 Å². The van der Waals surface area contributed by atoms with Crippen molar-refractivity contribution in [3.05, 3.63) is 12.2 Å². The second-order valence-corrected chi connectivity index (χ2v) is 17.8. The molecular formula is C43H72N6O10. The molecule has 5 atom stereocenters. The third-order valence-corrected chi connectivity index (χ3v) is 10.8. The fraction of sp³-hybridized carbons (Fsp3) is 0.767. The number of aliphatic hydroxyl groups excluding tert-OH is 1. The molecule has 6 amide bonds. The zero-order chi connectivity index (χ0) is 45.0. The van der Waals surface area contributed by atoms with Crippen LogP contribution >= 0.6 is 0 Å². The number of amides is 6. The number of imide groups is 1. The van der Waals surface area contributed by atoms with Crippen LogP contribution in [0.5, 0.6) is 0 Å². The molecule has 5 N–H and O–H groups in total. The van der Waals surface area contributed by atoms with Crippen LogP contribution in [0.3, 0.4) is 0 Å². The molecule has 59 heavy (non-hydrogen) atoms. The predicted molar refractivity (Wildman–Crippen MR) is 222 cm³/mol. The maximum Gasteiger partial charge on any atom is 0.253 e. The minimum Gasteiger partial charge on any atom is -0.392 e. The van der Waals surface area contributed by atoms with Gasteiger partial charge in [0.05, 0.1) is 37.4 Å². The Morgan fingerprint density at radius 3 is 1.92 bits per heavy atom. The van der Waals surface area contributed by atoms with Crippen molar-refractivity contribution in [3.63, 3.8) is 0 Å². The Hall–Kier alpha value is -4.20. The Morgan fingerprint density at radius 1 is 0.780 bits per heavy atom. The number of ketones is 1. The molecule has 0 fully saturated rings. The van der Waals surface area contributed by atoms with Gasteiger partial charge in [-0.05, 0) is 70.6 Å². The molecule has 16 heteroatoms. The van der Waals surface area contributed by atoms with Gasteiger partial charge in [0.15, 0.2) is 0 Å². The van der Waals surface area contributed by atoms with Gasteiger partial charge in [0.1, 0.15) is 5.78 Å². The van der Waals surface area contributed by atoms with Crippen LogP contribution < -0.4 is 21.3 Å². The highest BCUT2D eigenvalue weighted by atomic mass is 16.5. The highest BCUT2D eigenvalue weighted by Gasteiger charge is 2.46. The third-order valence-electron chi connectivity index (χ3n) is 10.8. The largest absolute Gasteiger partial charge is 0.392 e. The summed E-state index contributed by atoms with van der Waals surface area (Å²) in [6, 6.07) is 2.21. The lowest BCUT2D eigenvalue weighted by atomic mass is 9.61. The second-order valence-electron chi connectivity index (χ2n) is 17.8. The van der Waals surface area contributed by atoms with E-state index in [2.05, 4.69) is 27.3 Å². The van der Waals surface area contributed by atoms with E-state index in [9.17, 15) is 43.9 Å². The fourth-order valence-electron chi connectivity index (χ4n) is 7.22. The van der Waals surface area contributed by atoms with Crippen LogP contribution in [0.1, 0.15) is 114 Å². The van der Waals surface area contributed by atoms with Crippen molar-refractivity contribution in [2.24, 2.45) is 34.0 Å². The number of rotatable bonds is 30. The number of Topliss-reactive ketones (excluding diaryl/α,β-unsaturated/α-hetero) is 1. The standard InChI is InChI=1S/C43H72N6O10/c1-29(2)48-40(57)33(41(5,6)24-30(3)38(55)47-27-31(4)50)25-42(7,8)34(39(56)45-10)26-43(9,28-44)17-15-35(52)46-18-21-59-23-22-58-20-11-12-32(51)16-19-49-36(53)13-14-37(49)54/h13-14,29-31,33-34,50H,11-12,15-27H2,1-10H3,(H,45,56)(H,46,52)(H,47,55)(H,48,57). The van der Waals surface area contributed by atoms with Crippen LogP contribution in [0.15, 0.2) is 12.2 Å². The van der Waals surface area contributed by atoms with Gasteiger partial charge in [-0.3, -0.25) is 38.5 Å². The normalized spacial score (nSPS) is 16.2. The summed E-state index contributed by atoms with van der Waals surface area (Å²) in [6.07, 6.45) is 3.62. The average molecular weight is 833 g/mol.